The molecular weight excluding hydrogens is 467 g/mol. The number of alkyl halides is 3. The maximum absolute atomic E-state index is 13.1. The molecule has 1 fully saturated rings. The molecule has 164 valence electrons. The van der Waals surface area contributed by atoms with Gasteiger partial charge in [0.25, 0.3) is 5.91 Å². The molecule has 1 saturated heterocycles. The molecule has 1 aliphatic rings. The van der Waals surface area contributed by atoms with Gasteiger partial charge in [-0.05, 0) is 39.3 Å². The van der Waals surface area contributed by atoms with Gasteiger partial charge in [0.2, 0.25) is 0 Å². The lowest BCUT2D eigenvalue weighted by molar-refractivity contribution is -0.139. The number of carbonyl (C=O) groups is 2. The maximum atomic E-state index is 13.1. The van der Waals surface area contributed by atoms with Gasteiger partial charge < -0.3 is 19.5 Å². The van der Waals surface area contributed by atoms with E-state index in [0.29, 0.717) is 28.3 Å². The van der Waals surface area contributed by atoms with Crippen molar-refractivity contribution in [3.8, 4) is 0 Å². The van der Waals surface area contributed by atoms with E-state index in [1.54, 1.807) is 39.0 Å². The Hall–Kier alpha value is -2.23. The molecule has 0 bridgehead atoms. The number of hydrogen-bond acceptors (Lipinski definition) is 3. The lowest BCUT2D eigenvalue weighted by atomic mass is 10.1. The van der Waals surface area contributed by atoms with E-state index in [2.05, 4.69) is 21.2 Å². The van der Waals surface area contributed by atoms with Crippen LogP contribution < -0.4 is 5.32 Å². The number of nitrogens with one attached hydrogen (secondary N) is 1. The first-order chi connectivity index (χ1) is 13.8. The van der Waals surface area contributed by atoms with Crippen molar-refractivity contribution in [3.05, 3.63) is 34.4 Å². The van der Waals surface area contributed by atoms with E-state index < -0.39 is 24.4 Å². The molecule has 1 aromatic heterocycles. The Bertz CT molecular complexity index is 966. The molecule has 2 aromatic rings. The summed E-state index contributed by atoms with van der Waals surface area (Å²) in [5.74, 6) is -0.364. The number of hydrogen-bond donors (Lipinski definition) is 1. The van der Waals surface area contributed by atoms with Crippen LogP contribution in [0.1, 0.15) is 37.6 Å². The molecule has 10 heteroatoms. The number of ether oxygens (including phenoxy) is 1. The highest BCUT2D eigenvalue weighted by molar-refractivity contribution is 9.10. The van der Waals surface area contributed by atoms with E-state index in [9.17, 15) is 22.8 Å². The van der Waals surface area contributed by atoms with E-state index >= 15 is 0 Å². The van der Waals surface area contributed by atoms with Crippen molar-refractivity contribution >= 4 is 38.8 Å². The summed E-state index contributed by atoms with van der Waals surface area (Å²) in [5, 5.41) is 3.19. The minimum atomic E-state index is -4.41. The fraction of sp³-hybridized carbons (Fsp3) is 0.500. The van der Waals surface area contributed by atoms with Crippen LogP contribution in [0.2, 0.25) is 0 Å². The van der Waals surface area contributed by atoms with Crippen molar-refractivity contribution in [2.75, 3.05) is 13.1 Å². The van der Waals surface area contributed by atoms with Crippen LogP contribution in [-0.4, -0.2) is 52.4 Å². The van der Waals surface area contributed by atoms with Gasteiger partial charge in [-0.2, -0.15) is 13.2 Å². The zero-order valence-electron chi connectivity index (χ0n) is 16.8. The maximum Gasteiger partial charge on any atom is 0.407 e. The van der Waals surface area contributed by atoms with E-state index in [4.69, 9.17) is 4.74 Å². The average molecular weight is 490 g/mol. The van der Waals surface area contributed by atoms with Gasteiger partial charge in [0.1, 0.15) is 12.1 Å². The first-order valence-corrected chi connectivity index (χ1v) is 10.3. The van der Waals surface area contributed by atoms with E-state index in [-0.39, 0.29) is 24.1 Å². The molecule has 2 heterocycles. The Kier molecular flexibility index (Phi) is 6.08. The highest BCUT2D eigenvalue weighted by Crippen LogP contribution is 2.29. The number of amides is 2. The van der Waals surface area contributed by atoms with Gasteiger partial charge in [0.15, 0.2) is 0 Å². The van der Waals surface area contributed by atoms with E-state index in [1.165, 1.54) is 11.1 Å². The standard InChI is InChI=1S/C20H23BrF3N3O3/c1-19(2,3)30-18(29)25-13-6-7-26(9-13)17(28)15-10-27(11-20(22,23)24)16-8-12(21)4-5-14(15)16/h4-5,8,10,13H,6-7,9,11H2,1-3H3,(H,25,29). The lowest BCUT2D eigenvalue weighted by Gasteiger charge is -2.22. The molecule has 6 nitrogen and oxygen atoms in total. The number of alkyl carbamates (subject to hydrolysis) is 1. The van der Waals surface area contributed by atoms with Crippen molar-refractivity contribution in [3.63, 3.8) is 0 Å². The molecular formula is C20H23BrF3N3O3. The third kappa shape index (κ3) is 5.47. The molecule has 1 N–H and O–H groups in total. The summed E-state index contributed by atoms with van der Waals surface area (Å²) < 4.78 is 45.9. The zero-order valence-corrected chi connectivity index (χ0v) is 18.4. The first kappa shape index (κ1) is 22.5. The quantitative estimate of drug-likeness (QED) is 0.679. The Balaban J connectivity index is 1.78. The minimum Gasteiger partial charge on any atom is -0.444 e. The average Bonchev–Trinajstić information content (AvgIpc) is 3.16. The molecule has 0 radical (unpaired) electrons. The van der Waals surface area contributed by atoms with Crippen molar-refractivity contribution in [1.82, 2.24) is 14.8 Å². The Labute approximate surface area is 180 Å². The second-order valence-corrected chi connectivity index (χ2v) is 9.25. The largest absolute Gasteiger partial charge is 0.444 e. The van der Waals surface area contributed by atoms with Crippen LogP contribution in [0.5, 0.6) is 0 Å². The number of rotatable bonds is 3. The van der Waals surface area contributed by atoms with Gasteiger partial charge in [-0.3, -0.25) is 4.79 Å². The fourth-order valence-electron chi connectivity index (χ4n) is 3.47. The van der Waals surface area contributed by atoms with Crippen LogP contribution in [0, 0.1) is 0 Å². The number of fused-ring (bicyclic) bond motifs is 1. The van der Waals surface area contributed by atoms with Crippen molar-refractivity contribution < 1.29 is 27.5 Å². The molecule has 0 spiro atoms. The molecule has 2 amide bonds. The van der Waals surface area contributed by atoms with Crippen molar-refractivity contribution in [2.45, 2.75) is 51.6 Å². The summed E-state index contributed by atoms with van der Waals surface area (Å²) in [6, 6.07) is 4.61. The molecule has 1 atom stereocenters. The van der Waals surface area contributed by atoms with Crippen molar-refractivity contribution in [2.24, 2.45) is 0 Å². The Morgan fingerprint density at radius 3 is 2.60 bits per heavy atom. The zero-order chi connectivity index (χ0) is 22.3. The van der Waals surface area contributed by atoms with Gasteiger partial charge in [-0.15, -0.1) is 0 Å². The fourth-order valence-corrected chi connectivity index (χ4v) is 3.82. The second kappa shape index (κ2) is 8.13. The molecule has 0 aliphatic carbocycles. The predicted octanol–water partition coefficient (Wildman–Crippen LogP) is 4.71. The summed E-state index contributed by atoms with van der Waals surface area (Å²) in [6.45, 7) is 4.74. The monoisotopic (exact) mass is 489 g/mol. The Morgan fingerprint density at radius 1 is 1.27 bits per heavy atom. The van der Waals surface area contributed by atoms with Gasteiger partial charge in [0, 0.05) is 29.1 Å². The number of halogens is 4. The summed E-state index contributed by atoms with van der Waals surface area (Å²) in [4.78, 5) is 26.6. The second-order valence-electron chi connectivity index (χ2n) is 8.33. The van der Waals surface area contributed by atoms with Crippen molar-refractivity contribution in [1.29, 1.82) is 0 Å². The normalized spacial score (nSPS) is 17.4. The van der Waals surface area contributed by atoms with Crippen LogP contribution >= 0.6 is 15.9 Å². The summed E-state index contributed by atoms with van der Waals surface area (Å²) in [7, 11) is 0. The molecule has 0 saturated carbocycles. The summed E-state index contributed by atoms with van der Waals surface area (Å²) in [5.41, 5.74) is -0.0976. The third-order valence-corrected chi connectivity index (χ3v) is 5.11. The Morgan fingerprint density at radius 2 is 1.97 bits per heavy atom. The molecule has 1 aromatic carbocycles. The van der Waals surface area contributed by atoms with Gasteiger partial charge in [-0.25, -0.2) is 4.79 Å². The van der Waals surface area contributed by atoms with Crippen LogP contribution in [0.15, 0.2) is 28.9 Å². The topological polar surface area (TPSA) is 63.6 Å². The number of nitrogens with zero attached hydrogens (tertiary/aromatic N) is 2. The predicted molar refractivity (Wildman–Crippen MR) is 109 cm³/mol. The number of benzene rings is 1. The smallest absolute Gasteiger partial charge is 0.407 e. The van der Waals surface area contributed by atoms with Crippen LogP contribution in [-0.2, 0) is 11.3 Å². The van der Waals surface area contributed by atoms with Crippen LogP contribution in [0.3, 0.4) is 0 Å². The molecule has 1 unspecified atom stereocenters. The number of carbonyl (C=O) groups excluding carboxylic acids is 2. The van der Waals surface area contributed by atoms with Gasteiger partial charge in [0.05, 0.1) is 17.1 Å². The highest BCUT2D eigenvalue weighted by Gasteiger charge is 2.33. The number of aromatic nitrogens is 1. The molecule has 3 rings (SSSR count). The number of likely N-dealkylation sites (tertiary alicyclic amines) is 1. The van der Waals surface area contributed by atoms with E-state index in [0.717, 1.165) is 4.57 Å². The van der Waals surface area contributed by atoms with Crippen LogP contribution in [0.4, 0.5) is 18.0 Å². The summed E-state index contributed by atoms with van der Waals surface area (Å²) in [6.07, 6.45) is -3.18. The first-order valence-electron chi connectivity index (χ1n) is 9.46. The third-order valence-electron chi connectivity index (χ3n) is 4.62. The minimum absolute atomic E-state index is 0.208. The van der Waals surface area contributed by atoms with Gasteiger partial charge in [-0.1, -0.05) is 22.0 Å². The van der Waals surface area contributed by atoms with Gasteiger partial charge >= 0.3 is 12.3 Å². The lowest BCUT2D eigenvalue weighted by Crippen LogP contribution is -2.41. The van der Waals surface area contributed by atoms with E-state index in [1.807, 2.05) is 0 Å². The highest BCUT2D eigenvalue weighted by atomic mass is 79.9. The molecule has 30 heavy (non-hydrogen) atoms. The SMILES string of the molecule is CC(C)(C)OC(=O)NC1CCN(C(=O)c2cn(CC(F)(F)F)c3cc(Br)ccc23)C1. The van der Waals surface area contributed by atoms with Crippen LogP contribution in [0.25, 0.3) is 10.9 Å². The molecule has 1 aliphatic heterocycles. The summed E-state index contributed by atoms with van der Waals surface area (Å²) >= 11 is 3.27.